The van der Waals surface area contributed by atoms with E-state index in [9.17, 15) is 4.79 Å². The lowest BCUT2D eigenvalue weighted by atomic mass is 10.1. The molecule has 0 saturated carbocycles. The van der Waals surface area contributed by atoms with Gasteiger partial charge in [0.1, 0.15) is 0 Å². The highest BCUT2D eigenvalue weighted by atomic mass is 35.5. The summed E-state index contributed by atoms with van der Waals surface area (Å²) in [5, 5.41) is 3.49. The number of hydrogen-bond acceptors (Lipinski definition) is 3. The van der Waals surface area contributed by atoms with Gasteiger partial charge in [-0.3, -0.25) is 4.79 Å². The lowest BCUT2D eigenvalue weighted by molar-refractivity contribution is 0.102. The fraction of sp³-hybridized carbons (Fsp3) is 0.0714. The second-order valence-corrected chi connectivity index (χ2v) is 5.38. The zero-order valence-electron chi connectivity index (χ0n) is 10.9. The lowest BCUT2D eigenvalue weighted by Crippen LogP contribution is -2.14. The number of carbonyl (C=O) groups excluding carboxylic acids is 1. The third-order valence-corrected chi connectivity index (χ3v) is 3.55. The molecule has 0 unspecified atom stereocenters. The Bertz CT molecular complexity index is 682. The van der Waals surface area contributed by atoms with Gasteiger partial charge in [-0.05, 0) is 24.3 Å². The molecule has 0 atom stereocenters. The van der Waals surface area contributed by atoms with Crippen molar-refractivity contribution in [1.82, 2.24) is 0 Å². The summed E-state index contributed by atoms with van der Waals surface area (Å²) in [5.41, 5.74) is 6.68. The van der Waals surface area contributed by atoms with Crippen molar-refractivity contribution >= 4 is 52.1 Å². The number of halogens is 3. The number of para-hydroxylation sites is 1. The summed E-state index contributed by atoms with van der Waals surface area (Å²) in [6.07, 6.45) is 0. The van der Waals surface area contributed by atoms with Gasteiger partial charge in [-0.2, -0.15) is 0 Å². The minimum atomic E-state index is -0.440. The Morgan fingerprint density at radius 1 is 1.19 bits per heavy atom. The van der Waals surface area contributed by atoms with E-state index in [4.69, 9.17) is 45.3 Å². The number of carbonyl (C=O) groups is 1. The summed E-state index contributed by atoms with van der Waals surface area (Å²) in [5.74, 6) is -0.151. The Morgan fingerprint density at radius 2 is 1.81 bits per heavy atom. The van der Waals surface area contributed by atoms with E-state index in [1.54, 1.807) is 18.2 Å². The van der Waals surface area contributed by atoms with Gasteiger partial charge in [-0.15, -0.1) is 0 Å². The van der Waals surface area contributed by atoms with Gasteiger partial charge < -0.3 is 15.8 Å². The SMILES string of the molecule is COc1c(N)cccc1C(=O)Nc1c(Cl)cc(Cl)cc1Cl. The smallest absolute Gasteiger partial charge is 0.259 e. The van der Waals surface area contributed by atoms with Crippen molar-refractivity contribution in [3.05, 3.63) is 51.0 Å². The quantitative estimate of drug-likeness (QED) is 0.806. The molecule has 7 heteroatoms. The molecule has 0 fully saturated rings. The molecule has 110 valence electrons. The molecule has 2 aromatic rings. The van der Waals surface area contributed by atoms with E-state index in [0.29, 0.717) is 10.7 Å². The van der Waals surface area contributed by atoms with Crippen molar-refractivity contribution < 1.29 is 9.53 Å². The van der Waals surface area contributed by atoms with E-state index in [1.807, 2.05) is 0 Å². The first-order valence-electron chi connectivity index (χ1n) is 5.82. The van der Waals surface area contributed by atoms with Crippen molar-refractivity contribution in [3.8, 4) is 5.75 Å². The Labute approximate surface area is 136 Å². The molecule has 21 heavy (non-hydrogen) atoms. The van der Waals surface area contributed by atoms with E-state index in [1.165, 1.54) is 19.2 Å². The summed E-state index contributed by atoms with van der Waals surface area (Å²) < 4.78 is 5.14. The largest absolute Gasteiger partial charge is 0.494 e. The van der Waals surface area contributed by atoms with Crippen molar-refractivity contribution in [2.24, 2.45) is 0 Å². The Morgan fingerprint density at radius 3 is 2.38 bits per heavy atom. The van der Waals surface area contributed by atoms with Crippen LogP contribution in [0, 0.1) is 0 Å². The van der Waals surface area contributed by atoms with Gasteiger partial charge in [0.2, 0.25) is 0 Å². The fourth-order valence-corrected chi connectivity index (χ4v) is 2.72. The zero-order valence-corrected chi connectivity index (χ0v) is 13.2. The Balaban J connectivity index is 2.38. The third-order valence-electron chi connectivity index (χ3n) is 2.74. The normalized spacial score (nSPS) is 10.3. The van der Waals surface area contributed by atoms with Crippen LogP contribution in [0.1, 0.15) is 10.4 Å². The van der Waals surface area contributed by atoms with Crippen molar-refractivity contribution in [2.75, 3.05) is 18.2 Å². The van der Waals surface area contributed by atoms with Gasteiger partial charge in [-0.25, -0.2) is 0 Å². The highest BCUT2D eigenvalue weighted by molar-refractivity contribution is 6.42. The van der Waals surface area contributed by atoms with E-state index in [-0.39, 0.29) is 27.0 Å². The van der Waals surface area contributed by atoms with E-state index < -0.39 is 5.91 Å². The van der Waals surface area contributed by atoms with Crippen LogP contribution in [0.5, 0.6) is 5.75 Å². The standard InChI is InChI=1S/C14H11Cl3N2O2/c1-21-13-8(3-2-4-11(13)18)14(20)19-12-9(16)5-7(15)6-10(12)17/h2-6H,18H2,1H3,(H,19,20). The lowest BCUT2D eigenvalue weighted by Gasteiger charge is -2.13. The van der Waals surface area contributed by atoms with Crippen molar-refractivity contribution in [1.29, 1.82) is 0 Å². The minimum absolute atomic E-state index is 0.240. The molecule has 0 aromatic heterocycles. The number of amides is 1. The van der Waals surface area contributed by atoms with E-state index in [2.05, 4.69) is 5.32 Å². The van der Waals surface area contributed by atoms with Gasteiger partial charge in [-0.1, -0.05) is 40.9 Å². The molecular formula is C14H11Cl3N2O2. The van der Waals surface area contributed by atoms with Crippen LogP contribution in [0.2, 0.25) is 15.1 Å². The Kier molecular flexibility index (Phi) is 4.83. The molecule has 0 saturated heterocycles. The fourth-order valence-electron chi connectivity index (χ4n) is 1.80. The van der Waals surface area contributed by atoms with Crippen LogP contribution in [-0.4, -0.2) is 13.0 Å². The van der Waals surface area contributed by atoms with Crippen LogP contribution >= 0.6 is 34.8 Å². The Hall–Kier alpha value is -1.62. The molecule has 2 rings (SSSR count). The second kappa shape index (κ2) is 6.43. The number of anilines is 2. The number of methoxy groups -OCH3 is 1. The monoisotopic (exact) mass is 344 g/mol. The van der Waals surface area contributed by atoms with Gasteiger partial charge in [0, 0.05) is 5.02 Å². The minimum Gasteiger partial charge on any atom is -0.494 e. The van der Waals surface area contributed by atoms with Crippen molar-refractivity contribution in [2.45, 2.75) is 0 Å². The maximum atomic E-state index is 12.3. The topological polar surface area (TPSA) is 64.3 Å². The molecule has 0 heterocycles. The first-order chi connectivity index (χ1) is 9.93. The number of hydrogen-bond donors (Lipinski definition) is 2. The molecule has 0 bridgehead atoms. The van der Waals surface area contributed by atoms with Gasteiger partial charge >= 0.3 is 0 Å². The number of nitrogen functional groups attached to an aromatic ring is 1. The molecule has 2 aromatic carbocycles. The average Bonchev–Trinajstić information content (AvgIpc) is 2.42. The first kappa shape index (κ1) is 15.8. The summed E-state index contributed by atoms with van der Waals surface area (Å²) in [4.78, 5) is 12.3. The summed E-state index contributed by atoms with van der Waals surface area (Å²) >= 11 is 17.9. The maximum Gasteiger partial charge on any atom is 0.259 e. The number of nitrogens with two attached hydrogens (primary N) is 1. The highest BCUT2D eigenvalue weighted by Gasteiger charge is 2.17. The molecule has 0 aliphatic carbocycles. The molecule has 0 aliphatic rings. The number of ether oxygens (including phenoxy) is 1. The van der Waals surface area contributed by atoms with Crippen LogP contribution in [-0.2, 0) is 0 Å². The van der Waals surface area contributed by atoms with E-state index >= 15 is 0 Å². The van der Waals surface area contributed by atoms with Gasteiger partial charge in [0.05, 0.1) is 34.1 Å². The van der Waals surface area contributed by atoms with Crippen molar-refractivity contribution in [3.63, 3.8) is 0 Å². The molecule has 0 radical (unpaired) electrons. The van der Waals surface area contributed by atoms with E-state index in [0.717, 1.165) is 0 Å². The molecule has 1 amide bonds. The van der Waals surface area contributed by atoms with Crippen LogP contribution in [0.15, 0.2) is 30.3 Å². The average molecular weight is 346 g/mol. The highest BCUT2D eigenvalue weighted by Crippen LogP contribution is 2.35. The van der Waals surface area contributed by atoms with Crippen LogP contribution in [0.4, 0.5) is 11.4 Å². The summed E-state index contributed by atoms with van der Waals surface area (Å²) in [7, 11) is 1.44. The number of benzene rings is 2. The molecule has 3 N–H and O–H groups in total. The maximum absolute atomic E-state index is 12.3. The van der Waals surface area contributed by atoms with Crippen LogP contribution in [0.25, 0.3) is 0 Å². The van der Waals surface area contributed by atoms with Gasteiger partial charge in [0.15, 0.2) is 5.75 Å². The predicted molar refractivity (Wildman–Crippen MR) is 86.8 cm³/mol. The van der Waals surface area contributed by atoms with Crippen LogP contribution in [0.3, 0.4) is 0 Å². The predicted octanol–water partition coefficient (Wildman–Crippen LogP) is 4.49. The third kappa shape index (κ3) is 3.35. The summed E-state index contributed by atoms with van der Waals surface area (Å²) in [6, 6.07) is 7.85. The summed E-state index contributed by atoms with van der Waals surface area (Å²) in [6.45, 7) is 0. The molecule has 4 nitrogen and oxygen atoms in total. The van der Waals surface area contributed by atoms with Gasteiger partial charge in [0.25, 0.3) is 5.91 Å². The molecular weight excluding hydrogens is 335 g/mol. The second-order valence-electron chi connectivity index (χ2n) is 4.13. The zero-order chi connectivity index (χ0) is 15.6. The molecule has 0 aliphatic heterocycles. The molecule has 0 spiro atoms. The number of rotatable bonds is 3. The first-order valence-corrected chi connectivity index (χ1v) is 6.95. The number of nitrogens with one attached hydrogen (secondary N) is 1. The van der Waals surface area contributed by atoms with Crippen LogP contribution < -0.4 is 15.8 Å².